The molecule has 5 N–H and O–H groups in total. The second kappa shape index (κ2) is 11.1. The molecule has 2 saturated heterocycles. The standard InChI is InChI=1S/C31H31F2N5O5S/c1-16-3-5-22-20(9-16)21-10-18(4-6-23(21)31(22,32)33)28(40)36-13-26(39)38-15-30(42-7-8-43-30)12-24(38)29(41)37-17(2)25-11-19(14-44-25)27(34)35/h3-6,9-11,14,17,24H,7-8,12-13,15H2,1-2H3,(H3,34,35)(H,36,40)(H,37,41)/t17?,24-/m0/s1. The van der Waals surface area contributed by atoms with Gasteiger partial charge in [-0.2, -0.15) is 8.78 Å². The summed E-state index contributed by atoms with van der Waals surface area (Å²) in [5.74, 6) is -5.92. The summed E-state index contributed by atoms with van der Waals surface area (Å²) >= 11 is 1.36. The van der Waals surface area contributed by atoms with Gasteiger partial charge < -0.3 is 30.7 Å². The summed E-state index contributed by atoms with van der Waals surface area (Å²) < 4.78 is 41.7. The molecule has 2 fully saturated rings. The second-order valence-electron chi connectivity index (χ2n) is 11.3. The number of ether oxygens (including phenoxy) is 2. The number of thiophene rings is 1. The van der Waals surface area contributed by atoms with Crippen molar-refractivity contribution in [3.63, 3.8) is 0 Å². The average molecular weight is 624 g/mol. The number of benzene rings is 2. The molecular weight excluding hydrogens is 592 g/mol. The molecule has 3 aromatic rings. The van der Waals surface area contributed by atoms with Crippen molar-refractivity contribution >= 4 is 34.9 Å². The van der Waals surface area contributed by atoms with E-state index >= 15 is 8.78 Å². The third-order valence-corrected chi connectivity index (χ3v) is 9.38. The highest BCUT2D eigenvalue weighted by molar-refractivity contribution is 7.10. The van der Waals surface area contributed by atoms with Crippen molar-refractivity contribution in [2.45, 2.75) is 44.1 Å². The number of carbonyl (C=O) groups excluding carboxylic acids is 3. The van der Waals surface area contributed by atoms with E-state index in [1.54, 1.807) is 30.5 Å². The lowest BCUT2D eigenvalue weighted by Crippen LogP contribution is -2.49. The van der Waals surface area contributed by atoms with Crippen LogP contribution in [0.15, 0.2) is 47.8 Å². The fraction of sp³-hybridized carbons (Fsp3) is 0.355. The van der Waals surface area contributed by atoms with Crippen LogP contribution < -0.4 is 16.4 Å². The van der Waals surface area contributed by atoms with Crippen molar-refractivity contribution < 1.29 is 32.6 Å². The third-order valence-electron chi connectivity index (χ3n) is 8.27. The van der Waals surface area contributed by atoms with Crippen molar-refractivity contribution in [1.29, 1.82) is 5.41 Å². The van der Waals surface area contributed by atoms with Gasteiger partial charge in [-0.3, -0.25) is 19.8 Å². The van der Waals surface area contributed by atoms with E-state index in [9.17, 15) is 14.4 Å². The molecule has 3 aliphatic rings. The third kappa shape index (κ3) is 5.24. The lowest BCUT2D eigenvalue weighted by atomic mass is 10.0. The van der Waals surface area contributed by atoms with Gasteiger partial charge in [0.05, 0.1) is 32.3 Å². The fourth-order valence-electron chi connectivity index (χ4n) is 5.98. The van der Waals surface area contributed by atoms with Crippen molar-refractivity contribution in [2.75, 3.05) is 26.3 Å². The van der Waals surface area contributed by atoms with Gasteiger partial charge in [0, 0.05) is 38.9 Å². The van der Waals surface area contributed by atoms with Crippen LogP contribution >= 0.6 is 11.3 Å². The van der Waals surface area contributed by atoms with Gasteiger partial charge in [0.15, 0.2) is 5.79 Å². The number of halogens is 2. The Hall–Kier alpha value is -4.20. The van der Waals surface area contributed by atoms with E-state index in [-0.39, 0.29) is 41.1 Å². The van der Waals surface area contributed by atoms with Crippen LogP contribution in [-0.2, 0) is 25.0 Å². The summed E-state index contributed by atoms with van der Waals surface area (Å²) in [6.07, 6.45) is 0.117. The number of hydrogen-bond donors (Lipinski definition) is 4. The summed E-state index contributed by atoms with van der Waals surface area (Å²) in [6, 6.07) is 9.07. The summed E-state index contributed by atoms with van der Waals surface area (Å²) in [4.78, 5) is 42.1. The van der Waals surface area contributed by atoms with Crippen LogP contribution in [0.25, 0.3) is 11.1 Å². The molecule has 1 spiro atoms. The van der Waals surface area contributed by atoms with E-state index in [2.05, 4.69) is 10.6 Å². The van der Waals surface area contributed by atoms with E-state index in [0.29, 0.717) is 24.3 Å². The van der Waals surface area contributed by atoms with E-state index < -0.39 is 48.1 Å². The minimum atomic E-state index is -3.17. The van der Waals surface area contributed by atoms with E-state index in [4.69, 9.17) is 20.6 Å². The van der Waals surface area contributed by atoms with Gasteiger partial charge in [-0.1, -0.05) is 29.8 Å². The summed E-state index contributed by atoms with van der Waals surface area (Å²) in [5.41, 5.74) is 7.43. The molecule has 44 heavy (non-hydrogen) atoms. The Labute approximate surface area is 256 Å². The zero-order valence-electron chi connectivity index (χ0n) is 24.0. The van der Waals surface area contributed by atoms with Gasteiger partial charge in [0.1, 0.15) is 11.9 Å². The molecule has 2 aromatic carbocycles. The number of amidine groups is 1. The monoisotopic (exact) mass is 623 g/mol. The molecular formula is C31H31F2N5O5S. The number of alkyl halides is 2. The molecule has 6 rings (SSSR count). The van der Waals surface area contributed by atoms with Gasteiger partial charge in [-0.05, 0) is 43.2 Å². The number of likely N-dealkylation sites (tertiary alicyclic amines) is 1. The topological polar surface area (TPSA) is 147 Å². The van der Waals surface area contributed by atoms with E-state index in [1.807, 2.05) is 6.92 Å². The minimum absolute atomic E-state index is 0.00568. The molecule has 2 aliphatic heterocycles. The smallest absolute Gasteiger partial charge is 0.299 e. The van der Waals surface area contributed by atoms with Crippen LogP contribution in [0.2, 0.25) is 0 Å². The number of aryl methyl sites for hydroxylation is 1. The SMILES string of the molecule is Cc1ccc2c(c1)-c1cc(C(=O)NCC(=O)N3CC4(C[C@H]3C(=O)NC(C)c3cc(C(=N)N)cs3)OCCO4)ccc1C2(F)F. The lowest BCUT2D eigenvalue weighted by molar-refractivity contribution is -0.152. The number of nitrogens with two attached hydrogens (primary N) is 1. The molecule has 0 bridgehead atoms. The normalized spacial score (nSPS) is 19.8. The summed E-state index contributed by atoms with van der Waals surface area (Å²) in [6.45, 7) is 3.83. The number of hydrogen-bond acceptors (Lipinski definition) is 7. The zero-order valence-corrected chi connectivity index (χ0v) is 24.9. The number of rotatable bonds is 7. The number of nitrogens with zero attached hydrogens (tertiary/aromatic N) is 1. The first-order valence-electron chi connectivity index (χ1n) is 14.1. The van der Waals surface area contributed by atoms with E-state index in [0.717, 1.165) is 10.4 Å². The molecule has 2 atom stereocenters. The highest BCUT2D eigenvalue weighted by Gasteiger charge is 2.52. The largest absolute Gasteiger partial charge is 0.384 e. The first kappa shape index (κ1) is 29.9. The first-order chi connectivity index (χ1) is 20.9. The Morgan fingerprint density at radius 1 is 1.09 bits per heavy atom. The number of fused-ring (bicyclic) bond motifs is 3. The molecule has 13 heteroatoms. The zero-order chi connectivity index (χ0) is 31.4. The van der Waals surface area contributed by atoms with Crippen molar-refractivity contribution in [2.24, 2.45) is 5.73 Å². The van der Waals surface area contributed by atoms with Crippen LogP contribution in [-0.4, -0.2) is 66.6 Å². The Balaban J connectivity index is 1.15. The summed E-state index contributed by atoms with van der Waals surface area (Å²) in [7, 11) is 0. The maximum Gasteiger partial charge on any atom is 0.299 e. The number of carbonyl (C=O) groups is 3. The van der Waals surface area contributed by atoms with Crippen molar-refractivity contribution in [3.8, 4) is 11.1 Å². The molecule has 1 aromatic heterocycles. The molecule has 230 valence electrons. The Morgan fingerprint density at radius 2 is 1.77 bits per heavy atom. The molecule has 0 radical (unpaired) electrons. The molecule has 3 amide bonds. The Bertz CT molecular complexity index is 1690. The molecule has 10 nitrogen and oxygen atoms in total. The van der Waals surface area contributed by atoms with Crippen LogP contribution in [0.3, 0.4) is 0 Å². The van der Waals surface area contributed by atoms with Crippen LogP contribution in [0, 0.1) is 12.3 Å². The van der Waals surface area contributed by atoms with Gasteiger partial charge >= 0.3 is 0 Å². The van der Waals surface area contributed by atoms with Gasteiger partial charge in [0.2, 0.25) is 11.8 Å². The highest BCUT2D eigenvalue weighted by Crippen LogP contribution is 2.51. The quantitative estimate of drug-likeness (QED) is 0.234. The van der Waals surface area contributed by atoms with E-state index in [1.165, 1.54) is 40.5 Å². The lowest BCUT2D eigenvalue weighted by Gasteiger charge is -2.25. The predicted octanol–water partition coefficient (Wildman–Crippen LogP) is 3.41. The van der Waals surface area contributed by atoms with Gasteiger partial charge in [-0.25, -0.2) is 0 Å². The Morgan fingerprint density at radius 3 is 2.45 bits per heavy atom. The molecule has 0 saturated carbocycles. The second-order valence-corrected chi connectivity index (χ2v) is 12.2. The predicted molar refractivity (Wildman–Crippen MR) is 159 cm³/mol. The number of amides is 3. The Kier molecular flexibility index (Phi) is 7.50. The number of nitrogen functional groups attached to an aromatic ring is 1. The summed E-state index contributed by atoms with van der Waals surface area (Å²) in [5, 5.41) is 14.8. The van der Waals surface area contributed by atoms with Crippen molar-refractivity contribution in [3.05, 3.63) is 80.5 Å². The number of nitrogens with one attached hydrogen (secondary N) is 3. The van der Waals surface area contributed by atoms with Crippen LogP contribution in [0.5, 0.6) is 0 Å². The first-order valence-corrected chi connectivity index (χ1v) is 15.0. The van der Waals surface area contributed by atoms with Gasteiger partial charge in [0.25, 0.3) is 11.8 Å². The van der Waals surface area contributed by atoms with Crippen LogP contribution in [0.4, 0.5) is 8.78 Å². The van der Waals surface area contributed by atoms with Crippen molar-refractivity contribution in [1.82, 2.24) is 15.5 Å². The molecule has 1 unspecified atom stereocenters. The molecule has 3 heterocycles. The maximum absolute atomic E-state index is 15.0. The minimum Gasteiger partial charge on any atom is -0.384 e. The average Bonchev–Trinajstić information content (AvgIpc) is 3.78. The highest BCUT2D eigenvalue weighted by atomic mass is 32.1. The maximum atomic E-state index is 15.0. The molecule has 1 aliphatic carbocycles. The fourth-order valence-corrected chi connectivity index (χ4v) is 6.90. The van der Waals surface area contributed by atoms with Gasteiger partial charge in [-0.15, -0.1) is 11.3 Å². The van der Waals surface area contributed by atoms with Crippen LogP contribution in [0.1, 0.15) is 56.9 Å².